The normalized spacial score (nSPS) is 14.8. The van der Waals surface area contributed by atoms with E-state index in [9.17, 15) is 19.7 Å². The minimum absolute atomic E-state index is 0.158. The molecule has 0 saturated carbocycles. The summed E-state index contributed by atoms with van der Waals surface area (Å²) >= 11 is 6.16. The second-order valence-electron chi connectivity index (χ2n) is 5.90. The van der Waals surface area contributed by atoms with Crippen LogP contribution >= 0.6 is 11.6 Å². The molecule has 2 aromatic carbocycles. The number of nitrogens with zero attached hydrogens (tertiary/aromatic N) is 1. The van der Waals surface area contributed by atoms with E-state index in [1.165, 1.54) is 37.4 Å². The van der Waals surface area contributed by atoms with Gasteiger partial charge in [0.2, 0.25) is 0 Å². The van der Waals surface area contributed by atoms with Gasteiger partial charge in [-0.05, 0) is 18.2 Å². The zero-order chi connectivity index (χ0) is 19.6. The summed E-state index contributed by atoms with van der Waals surface area (Å²) in [5.74, 6) is -0.472. The molecule has 1 atom stereocenters. The molecule has 1 heterocycles. The minimum atomic E-state index is -0.561. The van der Waals surface area contributed by atoms with Crippen LogP contribution < -0.4 is 10.1 Å². The second-order valence-corrected chi connectivity index (χ2v) is 6.31. The molecule has 1 N–H and O–H groups in total. The Morgan fingerprint density at radius 2 is 2.11 bits per heavy atom. The van der Waals surface area contributed by atoms with Gasteiger partial charge in [0.05, 0.1) is 29.2 Å². The number of nitro groups is 1. The Hall–Kier alpha value is -3.13. The number of hydrogen-bond acceptors (Lipinski definition) is 6. The first kappa shape index (κ1) is 18.7. The SMILES string of the molecule is COC(=O)c1cc(Cl)c2c(c1)CC(CNC(=O)c1cccc([N+](=O)[O-])c1)O2. The molecule has 0 aromatic heterocycles. The quantitative estimate of drug-likeness (QED) is 0.477. The number of rotatable bonds is 5. The number of non-ortho nitro benzene ring substituents is 1. The summed E-state index contributed by atoms with van der Waals surface area (Å²) in [6.07, 6.45) is 0.0859. The Labute approximate surface area is 159 Å². The molecule has 0 radical (unpaired) electrons. The van der Waals surface area contributed by atoms with E-state index in [-0.39, 0.29) is 23.9 Å². The molecule has 2 aromatic rings. The van der Waals surface area contributed by atoms with Crippen molar-refractivity contribution in [3.63, 3.8) is 0 Å². The topological polar surface area (TPSA) is 108 Å². The van der Waals surface area contributed by atoms with Gasteiger partial charge in [0.1, 0.15) is 11.9 Å². The number of methoxy groups -OCH3 is 1. The molecule has 8 nitrogen and oxygen atoms in total. The summed E-state index contributed by atoms with van der Waals surface area (Å²) in [5.41, 5.74) is 1.10. The lowest BCUT2D eigenvalue weighted by Crippen LogP contribution is -2.34. The lowest BCUT2D eigenvalue weighted by Gasteiger charge is -2.12. The molecule has 1 amide bonds. The molecule has 1 aliphatic heterocycles. The molecule has 0 spiro atoms. The van der Waals surface area contributed by atoms with Gasteiger partial charge >= 0.3 is 5.97 Å². The van der Waals surface area contributed by atoms with Crippen molar-refractivity contribution in [3.05, 3.63) is 68.2 Å². The molecule has 1 unspecified atom stereocenters. The van der Waals surface area contributed by atoms with E-state index in [1.54, 1.807) is 6.07 Å². The Morgan fingerprint density at radius 1 is 1.33 bits per heavy atom. The maximum absolute atomic E-state index is 12.2. The van der Waals surface area contributed by atoms with Gasteiger partial charge in [-0.1, -0.05) is 17.7 Å². The van der Waals surface area contributed by atoms with Gasteiger partial charge in [0, 0.05) is 29.7 Å². The summed E-state index contributed by atoms with van der Waals surface area (Å²) in [6.45, 7) is 0.181. The molecule has 3 rings (SSSR count). The largest absolute Gasteiger partial charge is 0.486 e. The molecule has 1 aliphatic rings. The third-order valence-electron chi connectivity index (χ3n) is 4.08. The van der Waals surface area contributed by atoms with E-state index >= 15 is 0 Å². The highest BCUT2D eigenvalue weighted by atomic mass is 35.5. The molecule has 0 bridgehead atoms. The number of nitro benzene ring substituents is 1. The number of hydrogen-bond donors (Lipinski definition) is 1. The van der Waals surface area contributed by atoms with Crippen molar-refractivity contribution in [1.29, 1.82) is 0 Å². The van der Waals surface area contributed by atoms with Gasteiger partial charge in [0.25, 0.3) is 11.6 Å². The third-order valence-corrected chi connectivity index (χ3v) is 4.36. The second kappa shape index (κ2) is 7.63. The molecular weight excluding hydrogens is 376 g/mol. The molecule has 9 heteroatoms. The molecule has 0 fully saturated rings. The van der Waals surface area contributed by atoms with Crippen LogP contribution in [0.2, 0.25) is 5.02 Å². The smallest absolute Gasteiger partial charge is 0.337 e. The fourth-order valence-corrected chi connectivity index (χ4v) is 3.09. The predicted octanol–water partition coefficient (Wildman–Crippen LogP) is 2.77. The van der Waals surface area contributed by atoms with Crippen LogP contribution in [0.4, 0.5) is 5.69 Å². The summed E-state index contributed by atoms with van der Waals surface area (Å²) in [6, 6.07) is 8.58. The Morgan fingerprint density at radius 3 is 2.81 bits per heavy atom. The van der Waals surface area contributed by atoms with Crippen molar-refractivity contribution in [2.24, 2.45) is 0 Å². The van der Waals surface area contributed by atoms with Crippen LogP contribution in [0.25, 0.3) is 0 Å². The maximum Gasteiger partial charge on any atom is 0.337 e. The number of carbonyl (C=O) groups excluding carboxylic acids is 2. The van der Waals surface area contributed by atoms with Crippen LogP contribution in [0, 0.1) is 10.1 Å². The number of amides is 1. The van der Waals surface area contributed by atoms with Crippen molar-refractivity contribution in [3.8, 4) is 5.75 Å². The first-order valence-electron chi connectivity index (χ1n) is 7.99. The van der Waals surface area contributed by atoms with E-state index in [0.29, 0.717) is 22.8 Å². The minimum Gasteiger partial charge on any atom is -0.486 e. The average Bonchev–Trinajstić information content (AvgIpc) is 3.09. The number of esters is 1. The van der Waals surface area contributed by atoms with Gasteiger partial charge in [-0.2, -0.15) is 0 Å². The number of benzene rings is 2. The zero-order valence-electron chi connectivity index (χ0n) is 14.2. The van der Waals surface area contributed by atoms with Gasteiger partial charge in [-0.15, -0.1) is 0 Å². The van der Waals surface area contributed by atoms with E-state index in [1.807, 2.05) is 0 Å². The van der Waals surface area contributed by atoms with Crippen LogP contribution in [0.3, 0.4) is 0 Å². The first-order valence-corrected chi connectivity index (χ1v) is 8.37. The lowest BCUT2D eigenvalue weighted by molar-refractivity contribution is -0.384. The third kappa shape index (κ3) is 4.01. The summed E-state index contributed by atoms with van der Waals surface area (Å²) in [4.78, 5) is 34.1. The van der Waals surface area contributed by atoms with Crippen molar-refractivity contribution in [1.82, 2.24) is 5.32 Å². The molecular formula is C18H15ClN2O6. The fourth-order valence-electron chi connectivity index (χ4n) is 2.81. The van der Waals surface area contributed by atoms with Crippen molar-refractivity contribution in [2.75, 3.05) is 13.7 Å². The van der Waals surface area contributed by atoms with Crippen LogP contribution in [0.15, 0.2) is 36.4 Å². The fraction of sp³-hybridized carbons (Fsp3) is 0.222. The number of carbonyl (C=O) groups is 2. The maximum atomic E-state index is 12.2. The highest BCUT2D eigenvalue weighted by Gasteiger charge is 2.27. The van der Waals surface area contributed by atoms with Gasteiger partial charge < -0.3 is 14.8 Å². The molecule has 27 heavy (non-hydrogen) atoms. The predicted molar refractivity (Wildman–Crippen MR) is 96.3 cm³/mol. The average molecular weight is 391 g/mol. The number of fused-ring (bicyclic) bond motifs is 1. The highest BCUT2D eigenvalue weighted by Crippen LogP contribution is 2.37. The molecule has 0 aliphatic carbocycles. The summed E-state index contributed by atoms with van der Waals surface area (Å²) in [7, 11) is 1.28. The molecule has 140 valence electrons. The zero-order valence-corrected chi connectivity index (χ0v) is 15.0. The number of ether oxygens (including phenoxy) is 2. The lowest BCUT2D eigenvalue weighted by atomic mass is 10.1. The van der Waals surface area contributed by atoms with Crippen molar-refractivity contribution >= 4 is 29.2 Å². The number of halogens is 1. The van der Waals surface area contributed by atoms with Gasteiger partial charge in [-0.3, -0.25) is 14.9 Å². The Bertz CT molecular complexity index is 930. The van der Waals surface area contributed by atoms with Gasteiger partial charge in [-0.25, -0.2) is 4.79 Å². The van der Waals surface area contributed by atoms with Crippen LogP contribution in [0.1, 0.15) is 26.3 Å². The molecule has 0 saturated heterocycles. The van der Waals surface area contributed by atoms with Crippen LogP contribution in [0.5, 0.6) is 5.75 Å². The Balaban J connectivity index is 1.65. The van der Waals surface area contributed by atoms with Crippen LogP contribution in [-0.4, -0.2) is 36.6 Å². The van der Waals surface area contributed by atoms with E-state index in [4.69, 9.17) is 16.3 Å². The standard InChI is InChI=1S/C18H15ClN2O6/c1-26-18(23)12-5-11-7-14(27-16(11)15(19)8-12)9-20-17(22)10-3-2-4-13(6-10)21(24)25/h2-6,8,14H,7,9H2,1H3,(H,20,22). The van der Waals surface area contributed by atoms with Crippen molar-refractivity contribution in [2.45, 2.75) is 12.5 Å². The summed E-state index contributed by atoms with van der Waals surface area (Å²) < 4.78 is 10.4. The van der Waals surface area contributed by atoms with Gasteiger partial charge in [0.15, 0.2) is 0 Å². The Kier molecular flexibility index (Phi) is 5.27. The number of nitrogens with one attached hydrogen (secondary N) is 1. The van der Waals surface area contributed by atoms with Crippen molar-refractivity contribution < 1.29 is 24.0 Å². The van der Waals surface area contributed by atoms with E-state index < -0.39 is 16.8 Å². The first-order chi connectivity index (χ1) is 12.9. The highest BCUT2D eigenvalue weighted by molar-refractivity contribution is 6.32. The van der Waals surface area contributed by atoms with Crippen LogP contribution in [-0.2, 0) is 11.2 Å². The van der Waals surface area contributed by atoms with E-state index in [0.717, 1.165) is 5.56 Å². The summed E-state index contributed by atoms with van der Waals surface area (Å²) in [5, 5.41) is 13.8. The monoisotopic (exact) mass is 390 g/mol. The van der Waals surface area contributed by atoms with E-state index in [2.05, 4.69) is 10.1 Å².